The van der Waals surface area contributed by atoms with E-state index >= 15 is 0 Å². The van der Waals surface area contributed by atoms with Crippen molar-refractivity contribution in [1.29, 1.82) is 0 Å². The lowest BCUT2D eigenvalue weighted by Gasteiger charge is -2.39. The Bertz CT molecular complexity index is 932. The number of benzene rings is 1. The van der Waals surface area contributed by atoms with Crippen LogP contribution in [-0.4, -0.2) is 60.4 Å². The Morgan fingerprint density at radius 1 is 1.10 bits per heavy atom. The molecule has 0 spiro atoms. The molecule has 1 aromatic carbocycles. The Morgan fingerprint density at radius 3 is 2.48 bits per heavy atom. The molecule has 1 amide bonds. The van der Waals surface area contributed by atoms with Crippen molar-refractivity contribution in [2.75, 3.05) is 37.6 Å². The van der Waals surface area contributed by atoms with E-state index in [-0.39, 0.29) is 17.9 Å². The first kappa shape index (κ1) is 21.8. The van der Waals surface area contributed by atoms with E-state index in [2.05, 4.69) is 41.0 Å². The molecule has 6 nitrogen and oxygen atoms in total. The number of carbonyl (C=O) groups excluding carboxylic acids is 2. The van der Waals surface area contributed by atoms with E-state index < -0.39 is 0 Å². The molecule has 2 aliphatic rings. The van der Waals surface area contributed by atoms with E-state index in [4.69, 9.17) is 4.74 Å². The molecule has 2 aromatic rings. The van der Waals surface area contributed by atoms with Crippen LogP contribution in [0.2, 0.25) is 0 Å². The average molecular weight is 442 g/mol. The van der Waals surface area contributed by atoms with Crippen LogP contribution in [0, 0.1) is 6.92 Å². The Hall–Kier alpha value is -2.38. The van der Waals surface area contributed by atoms with Crippen molar-refractivity contribution >= 4 is 28.9 Å². The Kier molecular flexibility index (Phi) is 6.62. The van der Waals surface area contributed by atoms with Crippen molar-refractivity contribution in [3.63, 3.8) is 0 Å². The summed E-state index contributed by atoms with van der Waals surface area (Å²) in [6.07, 6.45) is 1.26. The van der Waals surface area contributed by atoms with Crippen molar-refractivity contribution in [2.45, 2.75) is 46.2 Å². The number of hydrogen-bond donors (Lipinski definition) is 0. The first-order valence-electron chi connectivity index (χ1n) is 11.1. The largest absolute Gasteiger partial charge is 0.415 e. The molecule has 1 fully saturated rings. The zero-order valence-corrected chi connectivity index (χ0v) is 19.4. The summed E-state index contributed by atoms with van der Waals surface area (Å²) < 4.78 is 5.39. The van der Waals surface area contributed by atoms with Gasteiger partial charge in [0.2, 0.25) is 5.91 Å². The summed E-state index contributed by atoms with van der Waals surface area (Å²) in [5.74, 6) is 0.00338. The van der Waals surface area contributed by atoms with Gasteiger partial charge in [-0.3, -0.25) is 14.5 Å². The zero-order chi connectivity index (χ0) is 22.0. The maximum absolute atomic E-state index is 13.2. The molecule has 166 valence electrons. The number of piperazine rings is 1. The van der Waals surface area contributed by atoms with Gasteiger partial charge in [0, 0.05) is 56.3 Å². The molecule has 1 atom stereocenters. The van der Waals surface area contributed by atoms with Crippen molar-refractivity contribution in [1.82, 2.24) is 9.80 Å². The fraction of sp³-hybridized carbons (Fsp3) is 0.500. The number of esters is 1. The molecule has 0 N–H and O–H groups in total. The highest BCUT2D eigenvalue weighted by Crippen LogP contribution is 2.34. The summed E-state index contributed by atoms with van der Waals surface area (Å²) in [7, 11) is 0. The van der Waals surface area contributed by atoms with E-state index in [1.165, 1.54) is 21.7 Å². The van der Waals surface area contributed by atoms with Crippen LogP contribution in [-0.2, 0) is 22.6 Å². The second kappa shape index (κ2) is 9.40. The number of ether oxygens (including phenoxy) is 1. The highest BCUT2D eigenvalue weighted by molar-refractivity contribution is 7.14. The normalized spacial score (nSPS) is 17.9. The number of amides is 1. The lowest BCUT2D eigenvalue weighted by atomic mass is 10.1. The number of nitrogens with zero attached hydrogens (tertiary/aromatic N) is 3. The molecule has 0 radical (unpaired) electrons. The van der Waals surface area contributed by atoms with Crippen molar-refractivity contribution in [3.05, 3.63) is 46.3 Å². The number of aryl methyl sites for hydroxylation is 1. The van der Waals surface area contributed by atoms with E-state index in [9.17, 15) is 9.59 Å². The Morgan fingerprint density at radius 2 is 1.81 bits per heavy atom. The molecule has 7 heteroatoms. The topological polar surface area (TPSA) is 53.1 Å². The summed E-state index contributed by atoms with van der Waals surface area (Å²) in [5.41, 5.74) is 3.67. The SMILES string of the molecule is CCC(=O)Oc1cc2c(s1)CCN(C(C)C(=O)N1CCN(c3ccc(C)cc3)CC1)C2. The lowest BCUT2D eigenvalue weighted by Crippen LogP contribution is -2.54. The summed E-state index contributed by atoms with van der Waals surface area (Å²) in [6, 6.07) is 10.4. The summed E-state index contributed by atoms with van der Waals surface area (Å²) in [6.45, 7) is 10.7. The smallest absolute Gasteiger partial charge is 0.311 e. The van der Waals surface area contributed by atoms with Gasteiger partial charge in [-0.05, 0) is 44.0 Å². The molecular formula is C24H31N3O3S. The van der Waals surface area contributed by atoms with Gasteiger partial charge in [-0.25, -0.2) is 0 Å². The fourth-order valence-electron chi connectivity index (χ4n) is 4.25. The maximum atomic E-state index is 13.2. The van der Waals surface area contributed by atoms with Crippen molar-refractivity contribution < 1.29 is 14.3 Å². The van der Waals surface area contributed by atoms with Crippen molar-refractivity contribution in [3.8, 4) is 5.06 Å². The predicted octanol–water partition coefficient (Wildman–Crippen LogP) is 3.47. The number of rotatable bonds is 5. The van der Waals surface area contributed by atoms with Crippen LogP contribution < -0.4 is 9.64 Å². The molecule has 4 rings (SSSR count). The third-order valence-electron chi connectivity index (χ3n) is 6.27. The van der Waals surface area contributed by atoms with Crippen molar-refractivity contribution in [2.24, 2.45) is 0 Å². The second-order valence-corrected chi connectivity index (χ2v) is 9.49. The number of carbonyl (C=O) groups is 2. The van der Waals surface area contributed by atoms with Crippen LogP contribution in [0.15, 0.2) is 30.3 Å². The summed E-state index contributed by atoms with van der Waals surface area (Å²) in [5, 5.41) is 0.671. The molecule has 0 bridgehead atoms. The van der Waals surface area contributed by atoms with Gasteiger partial charge in [0.1, 0.15) is 0 Å². The molecule has 1 aromatic heterocycles. The number of fused-ring (bicyclic) bond motifs is 1. The highest BCUT2D eigenvalue weighted by Gasteiger charge is 2.31. The third kappa shape index (κ3) is 4.93. The lowest BCUT2D eigenvalue weighted by molar-refractivity contribution is -0.137. The van der Waals surface area contributed by atoms with Crippen LogP contribution in [0.4, 0.5) is 5.69 Å². The molecule has 3 heterocycles. The van der Waals surface area contributed by atoms with Crippen LogP contribution in [0.1, 0.15) is 36.3 Å². The summed E-state index contributed by atoms with van der Waals surface area (Å²) in [4.78, 5) is 32.6. The van der Waals surface area contributed by atoms with Gasteiger partial charge in [0.05, 0.1) is 6.04 Å². The average Bonchev–Trinajstić information content (AvgIpc) is 3.20. The number of anilines is 1. The summed E-state index contributed by atoms with van der Waals surface area (Å²) >= 11 is 1.56. The standard InChI is InChI=1S/C24H31N3O3S/c1-4-22(28)30-23-15-19-16-27(10-9-21(19)31-23)18(3)24(29)26-13-11-25(12-14-26)20-7-5-17(2)6-8-20/h5-8,15,18H,4,9-14,16H2,1-3H3. The molecule has 31 heavy (non-hydrogen) atoms. The van der Waals surface area contributed by atoms with Gasteiger partial charge >= 0.3 is 5.97 Å². The van der Waals surface area contributed by atoms with E-state index in [0.717, 1.165) is 45.7 Å². The molecule has 2 aliphatic heterocycles. The number of thiophene rings is 1. The molecular weight excluding hydrogens is 410 g/mol. The minimum Gasteiger partial charge on any atom is -0.415 e. The van der Waals surface area contributed by atoms with Crippen LogP contribution in [0.3, 0.4) is 0 Å². The van der Waals surface area contributed by atoms with Gasteiger partial charge in [-0.1, -0.05) is 24.6 Å². The van der Waals surface area contributed by atoms with E-state index in [1.807, 2.05) is 17.9 Å². The fourth-order valence-corrected chi connectivity index (χ4v) is 5.28. The minimum absolute atomic E-state index is 0.152. The van der Waals surface area contributed by atoms with Gasteiger partial charge in [0.15, 0.2) is 5.06 Å². The van der Waals surface area contributed by atoms with E-state index in [0.29, 0.717) is 11.5 Å². The van der Waals surface area contributed by atoms with Crippen LogP contribution in [0.25, 0.3) is 0 Å². The zero-order valence-electron chi connectivity index (χ0n) is 18.6. The van der Waals surface area contributed by atoms with Gasteiger partial charge in [0.25, 0.3) is 0 Å². The van der Waals surface area contributed by atoms with Crippen LogP contribution in [0.5, 0.6) is 5.06 Å². The monoisotopic (exact) mass is 441 g/mol. The molecule has 0 aliphatic carbocycles. The number of hydrogen-bond acceptors (Lipinski definition) is 6. The first-order valence-corrected chi connectivity index (χ1v) is 11.9. The second-order valence-electron chi connectivity index (χ2n) is 8.39. The highest BCUT2D eigenvalue weighted by atomic mass is 32.1. The molecule has 1 saturated heterocycles. The quantitative estimate of drug-likeness (QED) is 0.665. The molecule has 1 unspecified atom stereocenters. The van der Waals surface area contributed by atoms with Gasteiger partial charge in [-0.2, -0.15) is 0 Å². The Balaban J connectivity index is 1.33. The maximum Gasteiger partial charge on any atom is 0.311 e. The van der Waals surface area contributed by atoms with Gasteiger partial charge < -0.3 is 14.5 Å². The first-order chi connectivity index (χ1) is 14.9. The minimum atomic E-state index is -0.205. The van der Waals surface area contributed by atoms with Gasteiger partial charge in [-0.15, -0.1) is 11.3 Å². The predicted molar refractivity (Wildman–Crippen MR) is 124 cm³/mol. The van der Waals surface area contributed by atoms with E-state index in [1.54, 1.807) is 18.3 Å². The Labute approximate surface area is 188 Å². The molecule has 0 saturated carbocycles. The third-order valence-corrected chi connectivity index (χ3v) is 7.39. The van der Waals surface area contributed by atoms with Crippen LogP contribution >= 0.6 is 11.3 Å².